The van der Waals surface area contributed by atoms with Gasteiger partial charge in [0, 0.05) is 24.8 Å². The number of furan rings is 1. The summed E-state index contributed by atoms with van der Waals surface area (Å²) in [6.45, 7) is 5.09. The van der Waals surface area contributed by atoms with Crippen molar-refractivity contribution in [3.05, 3.63) is 24.2 Å². The van der Waals surface area contributed by atoms with E-state index in [1.165, 1.54) is 26.6 Å². The third-order valence-corrected chi connectivity index (χ3v) is 7.81. The zero-order chi connectivity index (χ0) is 22.6. The highest BCUT2D eigenvalue weighted by molar-refractivity contribution is 5.93. The molecular weight excluding hydrogens is 404 g/mol. The molecule has 1 aromatic rings. The van der Waals surface area contributed by atoms with Gasteiger partial charge in [0.05, 0.1) is 31.5 Å². The van der Waals surface area contributed by atoms with E-state index in [0.717, 1.165) is 5.56 Å². The van der Waals surface area contributed by atoms with Crippen LogP contribution >= 0.6 is 0 Å². The Bertz CT molecular complexity index is 905. The van der Waals surface area contributed by atoms with Crippen molar-refractivity contribution in [2.75, 3.05) is 7.11 Å². The minimum absolute atomic E-state index is 0.0917. The molecule has 2 aliphatic carbocycles. The van der Waals surface area contributed by atoms with Gasteiger partial charge in [0.25, 0.3) is 0 Å². The molecule has 0 amide bonds. The van der Waals surface area contributed by atoms with Gasteiger partial charge in [-0.25, -0.2) is 0 Å². The van der Waals surface area contributed by atoms with E-state index in [1.54, 1.807) is 6.07 Å². The first kappa shape index (κ1) is 21.6. The fourth-order valence-corrected chi connectivity index (χ4v) is 6.46. The molecule has 8 nitrogen and oxygen atoms in total. The van der Waals surface area contributed by atoms with E-state index in [-0.39, 0.29) is 18.2 Å². The van der Waals surface area contributed by atoms with Crippen LogP contribution in [0.15, 0.2) is 23.0 Å². The zero-order valence-electron chi connectivity index (χ0n) is 18.2. The van der Waals surface area contributed by atoms with E-state index in [1.807, 2.05) is 13.8 Å². The molecule has 0 aromatic carbocycles. The van der Waals surface area contributed by atoms with E-state index in [9.17, 15) is 19.2 Å². The maximum atomic E-state index is 13.7. The number of fused-ring (bicyclic) bond motifs is 3. The normalized spacial score (nSPS) is 39.7. The lowest BCUT2D eigenvalue weighted by atomic mass is 9.43. The summed E-state index contributed by atoms with van der Waals surface area (Å²) in [5.41, 5.74) is -0.763. The van der Waals surface area contributed by atoms with Crippen LogP contribution in [0, 0.1) is 28.6 Å². The molecule has 1 aliphatic heterocycles. The Hall–Kier alpha value is -2.64. The van der Waals surface area contributed by atoms with Crippen LogP contribution in [0.4, 0.5) is 0 Å². The van der Waals surface area contributed by atoms with Gasteiger partial charge in [-0.05, 0) is 36.2 Å². The Balaban J connectivity index is 1.80. The van der Waals surface area contributed by atoms with Gasteiger partial charge < -0.3 is 18.6 Å². The van der Waals surface area contributed by atoms with E-state index >= 15 is 0 Å². The monoisotopic (exact) mass is 432 g/mol. The molecule has 0 N–H and O–H groups in total. The van der Waals surface area contributed by atoms with Gasteiger partial charge in [-0.3, -0.25) is 19.2 Å². The largest absolute Gasteiger partial charge is 0.472 e. The maximum absolute atomic E-state index is 13.7. The molecule has 1 aromatic heterocycles. The number of ether oxygens (including phenoxy) is 3. The van der Waals surface area contributed by atoms with Crippen molar-refractivity contribution in [2.24, 2.45) is 28.6 Å². The van der Waals surface area contributed by atoms with E-state index < -0.39 is 52.7 Å². The van der Waals surface area contributed by atoms with Gasteiger partial charge in [-0.1, -0.05) is 13.8 Å². The Labute approximate surface area is 180 Å². The van der Waals surface area contributed by atoms with Crippen LogP contribution in [0.1, 0.15) is 58.1 Å². The molecule has 0 unspecified atom stereocenters. The number of ketones is 1. The van der Waals surface area contributed by atoms with Crippen LogP contribution in [0.25, 0.3) is 0 Å². The second-order valence-corrected chi connectivity index (χ2v) is 9.53. The average Bonchev–Trinajstić information content (AvgIpc) is 3.23. The summed E-state index contributed by atoms with van der Waals surface area (Å²) in [6, 6.07) is 1.74. The second-order valence-electron chi connectivity index (χ2n) is 9.53. The Kier molecular flexibility index (Phi) is 5.22. The van der Waals surface area contributed by atoms with Gasteiger partial charge >= 0.3 is 17.9 Å². The van der Waals surface area contributed by atoms with Gasteiger partial charge in [0.1, 0.15) is 6.10 Å². The predicted molar refractivity (Wildman–Crippen MR) is 105 cm³/mol. The van der Waals surface area contributed by atoms with Crippen molar-refractivity contribution >= 4 is 23.7 Å². The third-order valence-electron chi connectivity index (χ3n) is 7.81. The second kappa shape index (κ2) is 7.50. The average molecular weight is 432 g/mol. The van der Waals surface area contributed by atoms with Crippen molar-refractivity contribution in [1.82, 2.24) is 0 Å². The smallest absolute Gasteiger partial charge is 0.310 e. The molecule has 31 heavy (non-hydrogen) atoms. The van der Waals surface area contributed by atoms with E-state index in [4.69, 9.17) is 18.6 Å². The molecule has 7 atom stereocenters. The van der Waals surface area contributed by atoms with E-state index in [0.29, 0.717) is 19.3 Å². The fourth-order valence-electron chi connectivity index (χ4n) is 6.46. The number of rotatable bonds is 3. The molecule has 2 saturated carbocycles. The molecule has 2 heterocycles. The summed E-state index contributed by atoms with van der Waals surface area (Å²) >= 11 is 0. The lowest BCUT2D eigenvalue weighted by Gasteiger charge is -2.60. The Morgan fingerprint density at radius 3 is 2.55 bits per heavy atom. The van der Waals surface area contributed by atoms with Gasteiger partial charge in [0.15, 0.2) is 11.9 Å². The minimum Gasteiger partial charge on any atom is -0.472 e. The van der Waals surface area contributed by atoms with Crippen LogP contribution in [-0.2, 0) is 33.4 Å². The highest BCUT2D eigenvalue weighted by Crippen LogP contribution is 2.65. The summed E-state index contributed by atoms with van der Waals surface area (Å²) in [6.07, 6.45) is 2.98. The standard InChI is InChI=1S/C23H28O8/c1-12(24)30-16-9-15(20(26)28-4)22(2)7-5-14-21(27)31-17(13-6-8-29-11-13)10-23(14,3)19(22)18(16)25/h6,8,11,14-17,19H,5,7,9-10H2,1-4H3/t14-,15-,16-,17-,19+,22-,23+/m0/s1. The first-order chi connectivity index (χ1) is 14.6. The third kappa shape index (κ3) is 3.27. The summed E-state index contributed by atoms with van der Waals surface area (Å²) in [4.78, 5) is 51.2. The number of cyclic esters (lactones) is 1. The van der Waals surface area contributed by atoms with Gasteiger partial charge in [0.2, 0.25) is 0 Å². The van der Waals surface area contributed by atoms with Crippen LogP contribution in [-0.4, -0.2) is 36.9 Å². The lowest BCUT2D eigenvalue weighted by Crippen LogP contribution is -2.64. The SMILES string of the molecule is COC(=O)[C@@H]1C[C@H](OC(C)=O)C(=O)[C@H]2[C@]3(C)C[C@@H](c4ccoc4)OC(=O)[C@@H]3CC[C@]21C. The van der Waals surface area contributed by atoms with Crippen molar-refractivity contribution in [3.8, 4) is 0 Å². The number of hydrogen-bond acceptors (Lipinski definition) is 8. The van der Waals surface area contributed by atoms with Crippen LogP contribution in [0.2, 0.25) is 0 Å². The molecular formula is C23H28O8. The van der Waals surface area contributed by atoms with Crippen molar-refractivity contribution < 1.29 is 37.8 Å². The Morgan fingerprint density at radius 2 is 1.94 bits per heavy atom. The number of hydrogen-bond donors (Lipinski definition) is 0. The van der Waals surface area contributed by atoms with Crippen LogP contribution in [0.5, 0.6) is 0 Å². The van der Waals surface area contributed by atoms with Gasteiger partial charge in [-0.15, -0.1) is 0 Å². The van der Waals surface area contributed by atoms with Gasteiger partial charge in [-0.2, -0.15) is 0 Å². The highest BCUT2D eigenvalue weighted by Gasteiger charge is 2.67. The molecule has 0 radical (unpaired) electrons. The maximum Gasteiger partial charge on any atom is 0.310 e. The topological polar surface area (TPSA) is 109 Å². The highest BCUT2D eigenvalue weighted by atomic mass is 16.6. The lowest BCUT2D eigenvalue weighted by molar-refractivity contribution is -0.210. The molecule has 3 fully saturated rings. The van der Waals surface area contributed by atoms with Crippen LogP contribution < -0.4 is 0 Å². The molecule has 168 valence electrons. The number of Topliss-reactive ketones (excluding diaryl/α,β-unsaturated/α-hetero) is 1. The minimum atomic E-state index is -1.04. The summed E-state index contributed by atoms with van der Waals surface area (Å²) < 4.78 is 21.3. The summed E-state index contributed by atoms with van der Waals surface area (Å²) in [7, 11) is 1.32. The number of methoxy groups -OCH3 is 1. The fraction of sp³-hybridized carbons (Fsp3) is 0.652. The molecule has 0 spiro atoms. The van der Waals surface area contributed by atoms with Crippen molar-refractivity contribution in [1.29, 1.82) is 0 Å². The molecule has 1 saturated heterocycles. The first-order valence-electron chi connectivity index (χ1n) is 10.6. The first-order valence-corrected chi connectivity index (χ1v) is 10.6. The molecule has 3 aliphatic rings. The van der Waals surface area contributed by atoms with Crippen molar-refractivity contribution in [3.63, 3.8) is 0 Å². The Morgan fingerprint density at radius 1 is 1.19 bits per heavy atom. The zero-order valence-corrected chi connectivity index (χ0v) is 18.2. The number of carbonyl (C=O) groups is 4. The molecule has 0 bridgehead atoms. The number of carbonyl (C=O) groups excluding carboxylic acids is 4. The predicted octanol–water partition coefficient (Wildman–Crippen LogP) is 3.00. The molecule has 8 heteroatoms. The molecule has 4 rings (SSSR count). The number of esters is 3. The van der Waals surface area contributed by atoms with Crippen LogP contribution in [0.3, 0.4) is 0 Å². The van der Waals surface area contributed by atoms with Crippen molar-refractivity contribution in [2.45, 2.75) is 58.7 Å². The summed E-state index contributed by atoms with van der Waals surface area (Å²) in [5.74, 6) is -3.35. The summed E-state index contributed by atoms with van der Waals surface area (Å²) in [5, 5.41) is 0. The van der Waals surface area contributed by atoms with E-state index in [2.05, 4.69) is 0 Å². The quantitative estimate of drug-likeness (QED) is 0.530.